The van der Waals surface area contributed by atoms with Gasteiger partial charge < -0.3 is 19.3 Å². The Morgan fingerprint density at radius 1 is 1.36 bits per heavy atom. The summed E-state index contributed by atoms with van der Waals surface area (Å²) in [7, 11) is 0. The van der Waals surface area contributed by atoms with Gasteiger partial charge in [0.15, 0.2) is 6.61 Å². The minimum absolute atomic E-state index is 0.0551. The molecular formula is C20H23N3O5. The van der Waals surface area contributed by atoms with Gasteiger partial charge in [0.2, 0.25) is 11.7 Å². The third-order valence-electron chi connectivity index (χ3n) is 5.87. The molecule has 8 nitrogen and oxygen atoms in total. The Morgan fingerprint density at radius 3 is 2.79 bits per heavy atom. The second-order valence-corrected chi connectivity index (χ2v) is 7.51. The number of carboxylic acids is 1. The first kappa shape index (κ1) is 18.5. The molecule has 2 heterocycles. The maximum Gasteiger partial charge on any atom is 0.311 e. The zero-order chi connectivity index (χ0) is 19.7. The number of ether oxygens (including phenoxy) is 1. The molecular weight excluding hydrogens is 362 g/mol. The van der Waals surface area contributed by atoms with Crippen molar-refractivity contribution in [2.45, 2.75) is 39.2 Å². The highest BCUT2D eigenvalue weighted by molar-refractivity contribution is 5.95. The number of nitrogens with zero attached hydrogens (tertiary/aromatic N) is 3. The van der Waals surface area contributed by atoms with Crippen LogP contribution in [0.25, 0.3) is 0 Å². The number of amides is 1. The number of hydrogen-bond acceptors (Lipinski definition) is 6. The summed E-state index contributed by atoms with van der Waals surface area (Å²) in [5.41, 5.74) is -0.235. The van der Waals surface area contributed by atoms with Crippen molar-refractivity contribution in [3.63, 3.8) is 0 Å². The van der Waals surface area contributed by atoms with Crippen LogP contribution in [-0.2, 0) is 17.8 Å². The number of hydrogen-bond donors (Lipinski definition) is 1. The van der Waals surface area contributed by atoms with E-state index in [0.29, 0.717) is 49.0 Å². The van der Waals surface area contributed by atoms with Crippen LogP contribution < -0.4 is 4.74 Å². The molecule has 1 saturated heterocycles. The van der Waals surface area contributed by atoms with Gasteiger partial charge in [-0.3, -0.25) is 9.59 Å². The Hall–Kier alpha value is -2.90. The molecule has 1 aromatic heterocycles. The maximum atomic E-state index is 12.8. The number of aliphatic carboxylic acids is 1. The maximum absolute atomic E-state index is 12.8. The second kappa shape index (κ2) is 7.26. The van der Waals surface area contributed by atoms with E-state index in [1.165, 1.54) is 0 Å². The van der Waals surface area contributed by atoms with E-state index < -0.39 is 11.4 Å². The van der Waals surface area contributed by atoms with Crippen molar-refractivity contribution in [1.29, 1.82) is 0 Å². The van der Waals surface area contributed by atoms with Gasteiger partial charge in [-0.15, -0.1) is 0 Å². The van der Waals surface area contributed by atoms with E-state index in [0.717, 1.165) is 12.8 Å². The minimum Gasteiger partial charge on any atom is -0.485 e. The first-order valence-electron chi connectivity index (χ1n) is 9.59. The van der Waals surface area contributed by atoms with Crippen molar-refractivity contribution in [3.05, 3.63) is 41.5 Å². The van der Waals surface area contributed by atoms with Gasteiger partial charge in [-0.1, -0.05) is 18.5 Å². The predicted molar refractivity (Wildman–Crippen MR) is 97.8 cm³/mol. The Labute approximate surface area is 162 Å². The van der Waals surface area contributed by atoms with Crippen LogP contribution in [0.1, 0.15) is 48.3 Å². The summed E-state index contributed by atoms with van der Waals surface area (Å²) in [6.07, 6.45) is 3.12. The molecule has 2 aromatic rings. The fourth-order valence-electron chi connectivity index (χ4n) is 4.31. The van der Waals surface area contributed by atoms with Gasteiger partial charge >= 0.3 is 5.97 Å². The predicted octanol–water partition coefficient (Wildman–Crippen LogP) is 2.54. The summed E-state index contributed by atoms with van der Waals surface area (Å²) in [5, 5.41) is 13.5. The van der Waals surface area contributed by atoms with Crippen LogP contribution in [0.15, 0.2) is 28.8 Å². The molecule has 28 heavy (non-hydrogen) atoms. The number of benzene rings is 1. The van der Waals surface area contributed by atoms with Gasteiger partial charge in [-0.2, -0.15) is 4.98 Å². The molecule has 0 unspecified atom stereocenters. The molecule has 4 rings (SSSR count). The van der Waals surface area contributed by atoms with Crippen LogP contribution in [0.5, 0.6) is 5.75 Å². The van der Waals surface area contributed by atoms with Gasteiger partial charge in [0.05, 0.1) is 5.41 Å². The Kier molecular flexibility index (Phi) is 4.78. The normalized spacial score (nSPS) is 23.6. The summed E-state index contributed by atoms with van der Waals surface area (Å²) < 4.78 is 10.7. The summed E-state index contributed by atoms with van der Waals surface area (Å²) in [4.78, 5) is 30.5. The average Bonchev–Trinajstić information content (AvgIpc) is 3.40. The lowest BCUT2D eigenvalue weighted by molar-refractivity contribution is -0.149. The number of aromatic nitrogens is 2. The largest absolute Gasteiger partial charge is 0.485 e. The molecule has 1 aromatic carbocycles. The van der Waals surface area contributed by atoms with Crippen molar-refractivity contribution in [2.75, 3.05) is 13.1 Å². The third kappa shape index (κ3) is 3.23. The van der Waals surface area contributed by atoms with E-state index >= 15 is 0 Å². The number of carboxylic acid groups (broad SMARTS) is 1. The molecule has 0 spiro atoms. The lowest BCUT2D eigenvalue weighted by Crippen LogP contribution is -2.37. The topological polar surface area (TPSA) is 106 Å². The van der Waals surface area contributed by atoms with E-state index in [9.17, 15) is 14.7 Å². The van der Waals surface area contributed by atoms with E-state index in [1.54, 1.807) is 29.2 Å². The van der Waals surface area contributed by atoms with Crippen molar-refractivity contribution in [1.82, 2.24) is 15.0 Å². The van der Waals surface area contributed by atoms with Gasteiger partial charge in [0, 0.05) is 25.1 Å². The fraction of sp³-hybridized carbons (Fsp3) is 0.500. The molecule has 2 fully saturated rings. The molecule has 1 aliphatic heterocycles. The van der Waals surface area contributed by atoms with E-state index in [2.05, 4.69) is 10.1 Å². The molecule has 148 valence electrons. The van der Waals surface area contributed by atoms with Gasteiger partial charge in [0.1, 0.15) is 5.75 Å². The van der Waals surface area contributed by atoms with E-state index in [4.69, 9.17) is 9.26 Å². The zero-order valence-corrected chi connectivity index (χ0v) is 15.8. The molecule has 2 atom stereocenters. The highest BCUT2D eigenvalue weighted by Gasteiger charge is 2.55. The van der Waals surface area contributed by atoms with Crippen molar-refractivity contribution < 1.29 is 24.0 Å². The first-order valence-corrected chi connectivity index (χ1v) is 9.59. The fourth-order valence-corrected chi connectivity index (χ4v) is 4.31. The zero-order valence-electron chi connectivity index (χ0n) is 15.8. The highest BCUT2D eigenvalue weighted by Crippen LogP contribution is 2.49. The van der Waals surface area contributed by atoms with E-state index in [-0.39, 0.29) is 18.4 Å². The van der Waals surface area contributed by atoms with Crippen LogP contribution in [0.3, 0.4) is 0 Å². The molecule has 1 saturated carbocycles. The number of fused-ring (bicyclic) bond motifs is 1. The van der Waals surface area contributed by atoms with Crippen LogP contribution in [-0.4, -0.2) is 45.1 Å². The number of likely N-dealkylation sites (tertiary alicyclic amines) is 1. The molecule has 1 N–H and O–H groups in total. The monoisotopic (exact) mass is 385 g/mol. The van der Waals surface area contributed by atoms with Crippen molar-refractivity contribution in [2.24, 2.45) is 11.3 Å². The summed E-state index contributed by atoms with van der Waals surface area (Å²) in [6, 6.07) is 6.84. The number of aryl methyl sites for hydroxylation is 1. The molecule has 8 heteroatoms. The molecule has 2 aliphatic rings. The number of carbonyl (C=O) groups is 2. The Balaban J connectivity index is 1.38. The summed E-state index contributed by atoms with van der Waals surface area (Å²) >= 11 is 0. The Morgan fingerprint density at radius 2 is 2.14 bits per heavy atom. The third-order valence-corrected chi connectivity index (χ3v) is 5.87. The van der Waals surface area contributed by atoms with E-state index in [1.807, 2.05) is 6.92 Å². The number of rotatable bonds is 6. The van der Waals surface area contributed by atoms with Gasteiger partial charge in [0.25, 0.3) is 5.91 Å². The van der Waals surface area contributed by atoms with Crippen LogP contribution in [0.2, 0.25) is 0 Å². The van der Waals surface area contributed by atoms with Crippen LogP contribution >= 0.6 is 0 Å². The SMILES string of the molecule is CCc1nc(COc2ccc(C(=O)N3C[C@@H]4CCC[C@@]4(C(=O)O)C3)cc2)no1. The lowest BCUT2D eigenvalue weighted by atomic mass is 9.81. The highest BCUT2D eigenvalue weighted by atomic mass is 16.5. The van der Waals surface area contributed by atoms with Gasteiger partial charge in [-0.05, 0) is 43.0 Å². The average molecular weight is 385 g/mol. The summed E-state index contributed by atoms with van der Waals surface area (Å²) in [5.74, 6) is 0.780. The molecule has 0 radical (unpaired) electrons. The molecule has 1 amide bonds. The van der Waals surface area contributed by atoms with Crippen LogP contribution in [0.4, 0.5) is 0 Å². The second-order valence-electron chi connectivity index (χ2n) is 7.51. The van der Waals surface area contributed by atoms with Crippen LogP contribution in [0, 0.1) is 11.3 Å². The van der Waals surface area contributed by atoms with Crippen molar-refractivity contribution in [3.8, 4) is 5.75 Å². The van der Waals surface area contributed by atoms with Crippen molar-refractivity contribution >= 4 is 11.9 Å². The Bertz CT molecular complexity index is 878. The first-order chi connectivity index (χ1) is 13.5. The number of carbonyl (C=O) groups excluding carboxylic acids is 1. The molecule has 1 aliphatic carbocycles. The standard InChI is InChI=1S/C20H23N3O5/c1-2-17-21-16(22-28-17)11-27-15-7-5-13(6-8-15)18(24)23-10-14-4-3-9-20(14,12-23)19(25)26/h5-8,14H,2-4,9-12H2,1H3,(H,25,26)/t14-,20+/m0/s1. The quantitative estimate of drug-likeness (QED) is 0.814. The van der Waals surface area contributed by atoms with Gasteiger partial charge in [-0.25, -0.2) is 0 Å². The smallest absolute Gasteiger partial charge is 0.311 e. The molecule has 0 bridgehead atoms. The summed E-state index contributed by atoms with van der Waals surface area (Å²) in [6.45, 7) is 2.92. The lowest BCUT2D eigenvalue weighted by Gasteiger charge is -2.23. The minimum atomic E-state index is -0.776.